The lowest BCUT2D eigenvalue weighted by Gasteiger charge is -2.19. The Hall–Kier alpha value is -2.63. The van der Waals surface area contributed by atoms with Crippen LogP contribution in [0.25, 0.3) is 5.65 Å². The zero-order valence-electron chi connectivity index (χ0n) is 11.5. The van der Waals surface area contributed by atoms with Gasteiger partial charge in [-0.25, -0.2) is 14.4 Å². The minimum Gasteiger partial charge on any atom is -0.372 e. The zero-order chi connectivity index (χ0) is 14.4. The molecule has 6 heteroatoms. The quantitative estimate of drug-likeness (QED) is 0.785. The highest BCUT2D eigenvalue weighted by molar-refractivity contribution is 5.77. The Morgan fingerprint density at radius 3 is 3.10 bits per heavy atom. The fourth-order valence-electron chi connectivity index (χ4n) is 2.79. The summed E-state index contributed by atoms with van der Waals surface area (Å²) >= 11 is 0. The van der Waals surface area contributed by atoms with Crippen LogP contribution >= 0.6 is 0 Å². The van der Waals surface area contributed by atoms with Crippen molar-refractivity contribution in [1.82, 2.24) is 14.4 Å². The number of nitrogens with zero attached hydrogens (tertiary/aromatic N) is 4. The molecule has 0 saturated heterocycles. The molecule has 0 amide bonds. The Balaban J connectivity index is 1.92. The van der Waals surface area contributed by atoms with Crippen molar-refractivity contribution in [3.8, 4) is 0 Å². The van der Waals surface area contributed by atoms with Gasteiger partial charge in [-0.1, -0.05) is 6.07 Å². The third kappa shape index (κ3) is 1.83. The lowest BCUT2D eigenvalue weighted by atomic mass is 10.2. The second kappa shape index (κ2) is 4.44. The van der Waals surface area contributed by atoms with Crippen molar-refractivity contribution in [2.75, 3.05) is 23.8 Å². The van der Waals surface area contributed by atoms with Crippen LogP contribution in [0.15, 0.2) is 36.8 Å². The van der Waals surface area contributed by atoms with Gasteiger partial charge in [0.1, 0.15) is 11.6 Å². The van der Waals surface area contributed by atoms with Gasteiger partial charge in [0.15, 0.2) is 11.5 Å². The molecule has 0 saturated carbocycles. The average Bonchev–Trinajstić information content (AvgIpc) is 3.11. The predicted octanol–water partition coefficient (Wildman–Crippen LogP) is 2.60. The van der Waals surface area contributed by atoms with E-state index in [0.29, 0.717) is 0 Å². The highest BCUT2D eigenvalue weighted by atomic mass is 19.1. The van der Waals surface area contributed by atoms with Crippen LogP contribution < -0.4 is 10.2 Å². The number of benzene rings is 1. The maximum absolute atomic E-state index is 13.6. The van der Waals surface area contributed by atoms with Crippen LogP contribution in [0.5, 0.6) is 0 Å². The monoisotopic (exact) mass is 283 g/mol. The maximum Gasteiger partial charge on any atom is 0.180 e. The molecule has 21 heavy (non-hydrogen) atoms. The van der Waals surface area contributed by atoms with Crippen molar-refractivity contribution in [3.05, 3.63) is 48.2 Å². The van der Waals surface area contributed by atoms with Gasteiger partial charge in [0.2, 0.25) is 0 Å². The second-order valence-corrected chi connectivity index (χ2v) is 5.03. The third-order valence-corrected chi connectivity index (χ3v) is 3.81. The summed E-state index contributed by atoms with van der Waals surface area (Å²) in [5.74, 6) is 1.27. The van der Waals surface area contributed by atoms with Gasteiger partial charge in [-0.3, -0.25) is 0 Å². The van der Waals surface area contributed by atoms with Crippen LogP contribution in [0.4, 0.5) is 21.7 Å². The largest absolute Gasteiger partial charge is 0.372 e. The number of anilines is 3. The average molecular weight is 283 g/mol. The summed E-state index contributed by atoms with van der Waals surface area (Å²) < 4.78 is 15.5. The molecule has 5 nitrogen and oxygen atoms in total. The number of nitrogens with one attached hydrogen (secondary N) is 1. The van der Waals surface area contributed by atoms with E-state index in [0.717, 1.165) is 41.5 Å². The number of rotatable bonds is 2. The first-order valence-corrected chi connectivity index (χ1v) is 6.84. The molecule has 1 aromatic carbocycles. The molecule has 0 aliphatic carbocycles. The first-order chi connectivity index (χ1) is 10.3. The Morgan fingerprint density at radius 1 is 1.33 bits per heavy atom. The zero-order valence-corrected chi connectivity index (χ0v) is 11.5. The summed E-state index contributed by atoms with van der Waals surface area (Å²) in [6.07, 6.45) is 6.38. The molecular weight excluding hydrogens is 269 g/mol. The maximum atomic E-state index is 13.6. The Kier molecular flexibility index (Phi) is 2.57. The van der Waals surface area contributed by atoms with Gasteiger partial charge in [-0.2, -0.15) is 0 Å². The van der Waals surface area contributed by atoms with E-state index in [-0.39, 0.29) is 5.82 Å². The molecule has 0 unspecified atom stereocenters. The van der Waals surface area contributed by atoms with Crippen molar-refractivity contribution in [1.29, 1.82) is 0 Å². The summed E-state index contributed by atoms with van der Waals surface area (Å²) in [6.45, 7) is 0.779. The molecule has 0 atom stereocenters. The SMILES string of the molecule is CNc1cn2ccnc2c(N2CCc3ccc(F)cc32)n1. The van der Waals surface area contributed by atoms with Crippen molar-refractivity contribution >= 4 is 23.0 Å². The minimum absolute atomic E-state index is 0.232. The molecule has 0 radical (unpaired) electrons. The van der Waals surface area contributed by atoms with Crippen molar-refractivity contribution in [3.63, 3.8) is 0 Å². The summed E-state index contributed by atoms with van der Waals surface area (Å²) in [4.78, 5) is 11.0. The molecule has 0 fully saturated rings. The van der Waals surface area contributed by atoms with E-state index in [1.54, 1.807) is 12.3 Å². The molecular formula is C15H14FN5. The minimum atomic E-state index is -0.232. The molecule has 0 spiro atoms. The molecule has 2 aromatic heterocycles. The fraction of sp³-hybridized carbons (Fsp3) is 0.200. The van der Waals surface area contributed by atoms with Crippen molar-refractivity contribution in [2.24, 2.45) is 0 Å². The number of imidazole rings is 1. The van der Waals surface area contributed by atoms with Gasteiger partial charge < -0.3 is 14.6 Å². The van der Waals surface area contributed by atoms with E-state index in [4.69, 9.17) is 0 Å². The van der Waals surface area contributed by atoms with Gasteiger partial charge in [0.05, 0.1) is 6.20 Å². The fourth-order valence-corrected chi connectivity index (χ4v) is 2.79. The van der Waals surface area contributed by atoms with E-state index in [9.17, 15) is 4.39 Å². The summed E-state index contributed by atoms with van der Waals surface area (Å²) in [5.41, 5.74) is 2.78. The van der Waals surface area contributed by atoms with Crippen molar-refractivity contribution in [2.45, 2.75) is 6.42 Å². The lowest BCUT2D eigenvalue weighted by molar-refractivity contribution is 0.628. The van der Waals surface area contributed by atoms with E-state index in [2.05, 4.69) is 15.3 Å². The number of hydrogen-bond donors (Lipinski definition) is 1. The predicted molar refractivity (Wildman–Crippen MR) is 79.6 cm³/mol. The second-order valence-electron chi connectivity index (χ2n) is 5.03. The summed E-state index contributed by atoms with van der Waals surface area (Å²) in [5, 5.41) is 3.05. The molecule has 4 rings (SSSR count). The van der Waals surface area contributed by atoms with Crippen LogP contribution in [-0.4, -0.2) is 28.0 Å². The lowest BCUT2D eigenvalue weighted by Crippen LogP contribution is -2.17. The normalized spacial score (nSPS) is 13.7. The number of halogens is 1. The van der Waals surface area contributed by atoms with Crippen molar-refractivity contribution < 1.29 is 4.39 Å². The molecule has 1 aliphatic rings. The molecule has 106 valence electrons. The van der Waals surface area contributed by atoms with Gasteiger partial charge in [0, 0.05) is 31.7 Å². The van der Waals surface area contributed by atoms with Gasteiger partial charge in [-0.15, -0.1) is 0 Å². The van der Waals surface area contributed by atoms with Crippen LogP contribution in [0, 0.1) is 5.82 Å². The molecule has 0 bridgehead atoms. The van der Waals surface area contributed by atoms with E-state index >= 15 is 0 Å². The highest BCUT2D eigenvalue weighted by Gasteiger charge is 2.24. The first kappa shape index (κ1) is 12.1. The topological polar surface area (TPSA) is 45.5 Å². The molecule has 1 N–H and O–H groups in total. The first-order valence-electron chi connectivity index (χ1n) is 6.84. The van der Waals surface area contributed by atoms with E-state index < -0.39 is 0 Å². The van der Waals surface area contributed by atoms with Crippen LogP contribution in [0.3, 0.4) is 0 Å². The van der Waals surface area contributed by atoms with Crippen LogP contribution in [0.1, 0.15) is 5.56 Å². The Bertz CT molecular complexity index is 826. The molecule has 3 aromatic rings. The van der Waals surface area contributed by atoms with Crippen LogP contribution in [0.2, 0.25) is 0 Å². The number of fused-ring (bicyclic) bond motifs is 2. The van der Waals surface area contributed by atoms with Crippen LogP contribution in [-0.2, 0) is 6.42 Å². The smallest absolute Gasteiger partial charge is 0.180 e. The van der Waals surface area contributed by atoms with Gasteiger partial charge in [-0.05, 0) is 24.1 Å². The van der Waals surface area contributed by atoms with Gasteiger partial charge >= 0.3 is 0 Å². The van der Waals surface area contributed by atoms with E-state index in [1.807, 2.05) is 34.8 Å². The number of aromatic nitrogens is 3. The standard InChI is InChI=1S/C15H14FN5/c1-17-13-9-20-7-5-18-14(20)15(19-13)21-6-4-10-2-3-11(16)8-12(10)21/h2-3,5,7-9,17H,4,6H2,1H3. The van der Waals surface area contributed by atoms with E-state index in [1.165, 1.54) is 6.07 Å². The number of hydrogen-bond acceptors (Lipinski definition) is 4. The third-order valence-electron chi connectivity index (χ3n) is 3.81. The molecule has 1 aliphatic heterocycles. The van der Waals surface area contributed by atoms with Gasteiger partial charge in [0.25, 0.3) is 0 Å². The highest BCUT2D eigenvalue weighted by Crippen LogP contribution is 2.36. The Morgan fingerprint density at radius 2 is 2.24 bits per heavy atom. The Labute approximate surface area is 121 Å². The summed E-state index contributed by atoms with van der Waals surface area (Å²) in [7, 11) is 1.83. The molecule has 3 heterocycles. The summed E-state index contributed by atoms with van der Waals surface area (Å²) in [6, 6.07) is 4.91.